The van der Waals surface area contributed by atoms with Crippen LogP contribution < -0.4 is 5.32 Å². The molecule has 2 aromatic carbocycles. The zero-order valence-electron chi connectivity index (χ0n) is 10.0. The predicted octanol–water partition coefficient (Wildman–Crippen LogP) is 3.66. The summed E-state index contributed by atoms with van der Waals surface area (Å²) in [6.07, 6.45) is 0. The van der Waals surface area contributed by atoms with Gasteiger partial charge in [0, 0.05) is 23.4 Å². The second kappa shape index (κ2) is 5.14. The highest BCUT2D eigenvalue weighted by atomic mass is 19.2. The summed E-state index contributed by atoms with van der Waals surface area (Å²) in [7, 11) is 0. The Morgan fingerprint density at radius 3 is 2.05 bits per heavy atom. The Labute approximate surface area is 107 Å². The lowest BCUT2D eigenvalue weighted by Crippen LogP contribution is -2.12. The molecule has 0 atom stereocenters. The van der Waals surface area contributed by atoms with Gasteiger partial charge in [-0.3, -0.25) is 4.79 Å². The normalized spacial score (nSPS) is 10.3. The molecule has 2 nitrogen and oxygen atoms in total. The Morgan fingerprint density at radius 2 is 1.53 bits per heavy atom. The van der Waals surface area contributed by atoms with Crippen molar-refractivity contribution in [2.45, 2.75) is 6.92 Å². The van der Waals surface area contributed by atoms with Crippen LogP contribution in [0.4, 0.5) is 18.9 Å². The molecule has 0 fully saturated rings. The molecule has 0 aliphatic rings. The van der Waals surface area contributed by atoms with Crippen molar-refractivity contribution in [2.24, 2.45) is 0 Å². The van der Waals surface area contributed by atoms with Gasteiger partial charge in [-0.1, -0.05) is 17.7 Å². The van der Waals surface area contributed by atoms with Crippen molar-refractivity contribution in [3.63, 3.8) is 0 Å². The van der Waals surface area contributed by atoms with E-state index in [0.717, 1.165) is 17.7 Å². The zero-order chi connectivity index (χ0) is 14.0. The quantitative estimate of drug-likeness (QED) is 0.825. The Hall–Kier alpha value is -2.30. The number of benzene rings is 2. The van der Waals surface area contributed by atoms with E-state index in [0.29, 0.717) is 5.56 Å². The molecule has 0 aromatic heterocycles. The maximum atomic E-state index is 13.0. The van der Waals surface area contributed by atoms with E-state index in [1.165, 1.54) is 0 Å². The minimum atomic E-state index is -1.56. The molecule has 1 N–H and O–H groups in total. The fraction of sp³-hybridized carbons (Fsp3) is 0.0714. The Morgan fingerprint density at radius 1 is 1.00 bits per heavy atom. The molecule has 2 rings (SSSR count). The molecule has 0 aliphatic carbocycles. The van der Waals surface area contributed by atoms with Crippen molar-refractivity contribution < 1.29 is 18.0 Å². The summed E-state index contributed by atoms with van der Waals surface area (Å²) in [5.74, 6) is -4.78. The number of carbonyl (C=O) groups excluding carboxylic acids is 1. The molecule has 0 spiro atoms. The van der Waals surface area contributed by atoms with Gasteiger partial charge in [-0.15, -0.1) is 0 Å². The molecule has 1 amide bonds. The summed E-state index contributed by atoms with van der Waals surface area (Å²) in [6, 6.07) is 8.10. The van der Waals surface area contributed by atoms with E-state index in [-0.39, 0.29) is 5.69 Å². The van der Waals surface area contributed by atoms with Gasteiger partial charge < -0.3 is 5.32 Å². The summed E-state index contributed by atoms with van der Waals surface area (Å²) >= 11 is 0. The fourth-order valence-electron chi connectivity index (χ4n) is 1.54. The molecule has 0 saturated heterocycles. The van der Waals surface area contributed by atoms with Gasteiger partial charge in [0.1, 0.15) is 0 Å². The van der Waals surface area contributed by atoms with Crippen molar-refractivity contribution in [2.75, 3.05) is 5.32 Å². The van der Waals surface area contributed by atoms with E-state index in [9.17, 15) is 18.0 Å². The molecule has 2 aromatic rings. The lowest BCUT2D eigenvalue weighted by atomic mass is 10.1. The first-order valence-corrected chi connectivity index (χ1v) is 5.50. The second-order valence-electron chi connectivity index (χ2n) is 4.07. The molecule has 98 valence electrons. The summed E-state index contributed by atoms with van der Waals surface area (Å²) in [4.78, 5) is 11.8. The van der Waals surface area contributed by atoms with Crippen LogP contribution >= 0.6 is 0 Å². The number of carbonyl (C=O) groups is 1. The zero-order valence-corrected chi connectivity index (χ0v) is 10.0. The molecule has 0 unspecified atom stereocenters. The largest absolute Gasteiger partial charge is 0.322 e. The predicted molar refractivity (Wildman–Crippen MR) is 65.4 cm³/mol. The standard InChI is InChI=1S/C14H10F3NO/c1-8-2-4-9(5-3-8)14(19)18-10-6-11(15)13(17)12(16)7-10/h2-7H,1H3,(H,18,19). The first kappa shape index (κ1) is 13.1. The van der Waals surface area contributed by atoms with Gasteiger partial charge in [-0.2, -0.15) is 0 Å². The van der Waals surface area contributed by atoms with Crippen LogP contribution in [-0.2, 0) is 0 Å². The van der Waals surface area contributed by atoms with Crippen molar-refractivity contribution in [3.8, 4) is 0 Å². The maximum absolute atomic E-state index is 13.0. The summed E-state index contributed by atoms with van der Waals surface area (Å²) in [6.45, 7) is 1.87. The van der Waals surface area contributed by atoms with E-state index >= 15 is 0 Å². The van der Waals surface area contributed by atoms with E-state index in [1.807, 2.05) is 6.92 Å². The average Bonchev–Trinajstić information content (AvgIpc) is 2.36. The number of hydrogen-bond acceptors (Lipinski definition) is 1. The van der Waals surface area contributed by atoms with E-state index in [1.54, 1.807) is 24.3 Å². The minimum absolute atomic E-state index is 0.137. The average molecular weight is 265 g/mol. The number of nitrogens with one attached hydrogen (secondary N) is 1. The van der Waals surface area contributed by atoms with Crippen LogP contribution in [0, 0.1) is 24.4 Å². The fourth-order valence-corrected chi connectivity index (χ4v) is 1.54. The van der Waals surface area contributed by atoms with Gasteiger partial charge in [0.15, 0.2) is 17.5 Å². The molecule has 19 heavy (non-hydrogen) atoms. The molecule has 0 radical (unpaired) electrons. The summed E-state index contributed by atoms with van der Waals surface area (Å²) in [5, 5.41) is 2.30. The van der Waals surface area contributed by atoms with Crippen LogP contribution in [0.2, 0.25) is 0 Å². The molecule has 0 bridgehead atoms. The van der Waals surface area contributed by atoms with Crippen molar-refractivity contribution in [1.29, 1.82) is 0 Å². The van der Waals surface area contributed by atoms with Gasteiger partial charge in [0.25, 0.3) is 5.91 Å². The van der Waals surface area contributed by atoms with Crippen LogP contribution in [0.15, 0.2) is 36.4 Å². The Bertz CT molecular complexity index is 600. The third-order valence-corrected chi connectivity index (χ3v) is 2.56. The number of hydrogen-bond donors (Lipinski definition) is 1. The Kier molecular flexibility index (Phi) is 3.55. The van der Waals surface area contributed by atoms with E-state index in [2.05, 4.69) is 5.32 Å². The second-order valence-corrected chi connectivity index (χ2v) is 4.07. The maximum Gasteiger partial charge on any atom is 0.255 e. The molecule has 0 saturated carbocycles. The topological polar surface area (TPSA) is 29.1 Å². The first-order chi connectivity index (χ1) is 8.97. The Balaban J connectivity index is 2.22. The minimum Gasteiger partial charge on any atom is -0.322 e. The highest BCUT2D eigenvalue weighted by Gasteiger charge is 2.12. The highest BCUT2D eigenvalue weighted by molar-refractivity contribution is 6.04. The number of halogens is 3. The van der Waals surface area contributed by atoms with Gasteiger partial charge in [-0.25, -0.2) is 13.2 Å². The lowest BCUT2D eigenvalue weighted by Gasteiger charge is -2.06. The number of rotatable bonds is 2. The van der Waals surface area contributed by atoms with Crippen molar-refractivity contribution in [1.82, 2.24) is 0 Å². The third-order valence-electron chi connectivity index (χ3n) is 2.56. The molecule has 0 heterocycles. The monoisotopic (exact) mass is 265 g/mol. The van der Waals surface area contributed by atoms with Gasteiger partial charge in [0.2, 0.25) is 0 Å². The lowest BCUT2D eigenvalue weighted by molar-refractivity contribution is 0.102. The highest BCUT2D eigenvalue weighted by Crippen LogP contribution is 2.18. The van der Waals surface area contributed by atoms with Crippen molar-refractivity contribution >= 4 is 11.6 Å². The van der Waals surface area contributed by atoms with Crippen LogP contribution in [0.3, 0.4) is 0 Å². The first-order valence-electron chi connectivity index (χ1n) is 5.50. The van der Waals surface area contributed by atoms with Crippen LogP contribution in [0.5, 0.6) is 0 Å². The van der Waals surface area contributed by atoms with Crippen molar-refractivity contribution in [3.05, 3.63) is 65.0 Å². The summed E-state index contributed by atoms with van der Waals surface area (Å²) < 4.78 is 38.7. The van der Waals surface area contributed by atoms with Gasteiger partial charge >= 0.3 is 0 Å². The van der Waals surface area contributed by atoms with Crippen LogP contribution in [0.1, 0.15) is 15.9 Å². The van der Waals surface area contributed by atoms with Crippen LogP contribution in [-0.4, -0.2) is 5.91 Å². The molecular formula is C14H10F3NO. The number of amides is 1. The smallest absolute Gasteiger partial charge is 0.255 e. The van der Waals surface area contributed by atoms with E-state index in [4.69, 9.17) is 0 Å². The number of anilines is 1. The molecule has 5 heteroatoms. The molecular weight excluding hydrogens is 255 g/mol. The summed E-state index contributed by atoms with van der Waals surface area (Å²) in [5.41, 5.74) is 1.19. The van der Waals surface area contributed by atoms with Gasteiger partial charge in [-0.05, 0) is 19.1 Å². The third kappa shape index (κ3) is 2.93. The number of aryl methyl sites for hydroxylation is 1. The SMILES string of the molecule is Cc1ccc(C(=O)Nc2cc(F)c(F)c(F)c2)cc1. The molecule has 0 aliphatic heterocycles. The van der Waals surface area contributed by atoms with E-state index < -0.39 is 23.4 Å². The van der Waals surface area contributed by atoms with Gasteiger partial charge in [0.05, 0.1) is 0 Å². The van der Waals surface area contributed by atoms with Crippen LogP contribution in [0.25, 0.3) is 0 Å².